The fraction of sp³-hybridized carbons (Fsp3) is 0.667. The second-order valence-corrected chi connectivity index (χ2v) is 4.52. The molecule has 1 rings (SSSR count). The van der Waals surface area contributed by atoms with Gasteiger partial charge < -0.3 is 5.32 Å². The lowest BCUT2D eigenvalue weighted by Crippen LogP contribution is -2.29. The zero-order valence-corrected chi connectivity index (χ0v) is 8.44. The molecule has 0 amide bonds. The first-order valence-corrected chi connectivity index (χ1v) is 5.85. The van der Waals surface area contributed by atoms with E-state index < -0.39 is 10.0 Å². The van der Waals surface area contributed by atoms with Crippen LogP contribution in [0.4, 0.5) is 0 Å². The van der Waals surface area contributed by atoms with Gasteiger partial charge in [-0.05, 0) is 0 Å². The summed E-state index contributed by atoms with van der Waals surface area (Å²) in [5, 5.41) is 15.1. The number of hydrogen-bond donors (Lipinski definition) is 2. The van der Waals surface area contributed by atoms with Crippen LogP contribution in [0.1, 0.15) is 0 Å². The quantitative estimate of drug-likeness (QED) is 0.547. The molecule has 0 radical (unpaired) electrons. The molecule has 7 nitrogen and oxygen atoms in total. The maximum absolute atomic E-state index is 10.5. The van der Waals surface area contributed by atoms with E-state index in [1.54, 1.807) is 17.1 Å². The molecule has 0 fully saturated rings. The van der Waals surface area contributed by atoms with Crippen molar-refractivity contribution in [2.45, 2.75) is 6.54 Å². The van der Waals surface area contributed by atoms with E-state index >= 15 is 0 Å². The van der Waals surface area contributed by atoms with Gasteiger partial charge in [-0.1, -0.05) is 5.21 Å². The standard InChI is InChI=1S/C6H13N5O2S/c7-14(12,13)6-3-8-1-4-11-5-2-9-10-11/h2,5,8H,1,3-4,6H2,(H2,7,12,13). The van der Waals surface area contributed by atoms with Crippen molar-refractivity contribution >= 4 is 10.0 Å². The summed E-state index contributed by atoms with van der Waals surface area (Å²) in [6.07, 6.45) is 3.33. The molecule has 0 aliphatic heterocycles. The number of primary sulfonamides is 1. The Bertz CT molecular complexity index is 346. The third-order valence-electron chi connectivity index (χ3n) is 1.55. The van der Waals surface area contributed by atoms with Crippen LogP contribution in [0.25, 0.3) is 0 Å². The topological polar surface area (TPSA) is 103 Å². The van der Waals surface area contributed by atoms with E-state index in [4.69, 9.17) is 5.14 Å². The minimum Gasteiger partial charge on any atom is -0.314 e. The second kappa shape index (κ2) is 5.03. The summed E-state index contributed by atoms with van der Waals surface area (Å²) in [4.78, 5) is 0. The summed E-state index contributed by atoms with van der Waals surface area (Å²) in [5.41, 5.74) is 0. The molecular weight excluding hydrogens is 206 g/mol. The minimum absolute atomic E-state index is 0.0512. The molecule has 1 aromatic heterocycles. The van der Waals surface area contributed by atoms with Crippen molar-refractivity contribution in [1.29, 1.82) is 0 Å². The van der Waals surface area contributed by atoms with Crippen LogP contribution in [0.3, 0.4) is 0 Å². The average molecular weight is 219 g/mol. The Morgan fingerprint density at radius 2 is 2.21 bits per heavy atom. The number of sulfonamides is 1. The van der Waals surface area contributed by atoms with Crippen LogP contribution in [-0.4, -0.2) is 42.3 Å². The number of aromatic nitrogens is 3. The largest absolute Gasteiger partial charge is 0.314 e. The molecule has 14 heavy (non-hydrogen) atoms. The molecule has 0 unspecified atom stereocenters. The lowest BCUT2D eigenvalue weighted by atomic mass is 10.6. The van der Waals surface area contributed by atoms with E-state index in [9.17, 15) is 8.42 Å². The fourth-order valence-corrected chi connectivity index (χ4v) is 1.31. The van der Waals surface area contributed by atoms with Crippen LogP contribution in [0.2, 0.25) is 0 Å². The van der Waals surface area contributed by atoms with Crippen molar-refractivity contribution in [1.82, 2.24) is 20.3 Å². The zero-order valence-electron chi connectivity index (χ0n) is 7.63. The van der Waals surface area contributed by atoms with E-state index in [2.05, 4.69) is 15.6 Å². The van der Waals surface area contributed by atoms with Gasteiger partial charge in [0, 0.05) is 19.3 Å². The molecule has 80 valence electrons. The normalized spacial score (nSPS) is 11.8. The molecule has 0 saturated carbocycles. The SMILES string of the molecule is NS(=O)(=O)CCNCCn1ccnn1. The van der Waals surface area contributed by atoms with Crippen molar-refractivity contribution in [2.75, 3.05) is 18.8 Å². The van der Waals surface area contributed by atoms with E-state index in [1.807, 2.05) is 0 Å². The lowest BCUT2D eigenvalue weighted by Gasteiger charge is -2.02. The van der Waals surface area contributed by atoms with Gasteiger partial charge in [-0.15, -0.1) is 5.10 Å². The van der Waals surface area contributed by atoms with Crippen molar-refractivity contribution in [3.05, 3.63) is 12.4 Å². The third kappa shape index (κ3) is 4.90. The van der Waals surface area contributed by atoms with Gasteiger partial charge in [0.25, 0.3) is 0 Å². The molecule has 0 aliphatic carbocycles. The number of hydrogen-bond acceptors (Lipinski definition) is 5. The molecule has 0 saturated heterocycles. The Hall–Kier alpha value is -0.990. The third-order valence-corrected chi connectivity index (χ3v) is 2.33. The predicted octanol–water partition coefficient (Wildman–Crippen LogP) is -1.84. The van der Waals surface area contributed by atoms with Crippen molar-refractivity contribution in [3.63, 3.8) is 0 Å². The molecule has 0 aliphatic rings. The number of rotatable bonds is 6. The number of nitrogens with two attached hydrogens (primary N) is 1. The fourth-order valence-electron chi connectivity index (χ4n) is 0.885. The lowest BCUT2D eigenvalue weighted by molar-refractivity contribution is 0.545. The molecule has 1 heterocycles. The average Bonchev–Trinajstić information content (AvgIpc) is 2.54. The first-order valence-electron chi connectivity index (χ1n) is 4.13. The number of nitrogens with one attached hydrogen (secondary N) is 1. The van der Waals surface area contributed by atoms with Gasteiger partial charge in [0.2, 0.25) is 10.0 Å². The van der Waals surface area contributed by atoms with E-state index in [0.717, 1.165) is 0 Å². The predicted molar refractivity (Wildman–Crippen MR) is 50.9 cm³/mol. The Morgan fingerprint density at radius 1 is 1.43 bits per heavy atom. The van der Waals surface area contributed by atoms with E-state index in [1.165, 1.54) is 0 Å². The highest BCUT2D eigenvalue weighted by Gasteiger charge is 2.00. The second-order valence-electron chi connectivity index (χ2n) is 2.78. The monoisotopic (exact) mass is 219 g/mol. The minimum atomic E-state index is -3.36. The first-order chi connectivity index (χ1) is 6.58. The van der Waals surface area contributed by atoms with Gasteiger partial charge in [-0.2, -0.15) is 0 Å². The first kappa shape index (κ1) is 11.1. The van der Waals surface area contributed by atoms with Gasteiger partial charge in [0.15, 0.2) is 0 Å². The summed E-state index contributed by atoms with van der Waals surface area (Å²) in [6, 6.07) is 0. The molecule has 0 atom stereocenters. The van der Waals surface area contributed by atoms with Gasteiger partial charge in [0.1, 0.15) is 0 Å². The summed E-state index contributed by atoms with van der Waals surface area (Å²) in [7, 11) is -3.36. The maximum Gasteiger partial charge on any atom is 0.210 e. The van der Waals surface area contributed by atoms with Gasteiger partial charge >= 0.3 is 0 Å². The van der Waals surface area contributed by atoms with Gasteiger partial charge in [0.05, 0.1) is 18.5 Å². The van der Waals surface area contributed by atoms with Crippen LogP contribution in [-0.2, 0) is 16.6 Å². The van der Waals surface area contributed by atoms with Gasteiger partial charge in [-0.25, -0.2) is 13.6 Å². The van der Waals surface area contributed by atoms with Crippen LogP contribution in [0.15, 0.2) is 12.4 Å². The molecular formula is C6H13N5O2S. The molecule has 0 bridgehead atoms. The van der Waals surface area contributed by atoms with Crippen LogP contribution >= 0.6 is 0 Å². The number of nitrogens with zero attached hydrogens (tertiary/aromatic N) is 3. The maximum atomic E-state index is 10.5. The Kier molecular flexibility index (Phi) is 3.98. The molecule has 3 N–H and O–H groups in total. The Labute approximate surface area is 82.3 Å². The highest BCUT2D eigenvalue weighted by atomic mass is 32.2. The van der Waals surface area contributed by atoms with E-state index in [-0.39, 0.29) is 5.75 Å². The molecule has 0 aromatic carbocycles. The zero-order chi connectivity index (χ0) is 10.4. The van der Waals surface area contributed by atoms with Crippen molar-refractivity contribution in [2.24, 2.45) is 5.14 Å². The molecule has 1 aromatic rings. The van der Waals surface area contributed by atoms with Crippen molar-refractivity contribution < 1.29 is 8.42 Å². The molecule has 8 heteroatoms. The van der Waals surface area contributed by atoms with E-state index in [0.29, 0.717) is 19.6 Å². The van der Waals surface area contributed by atoms with Crippen LogP contribution in [0.5, 0.6) is 0 Å². The Balaban J connectivity index is 2.06. The highest BCUT2D eigenvalue weighted by molar-refractivity contribution is 7.89. The van der Waals surface area contributed by atoms with Crippen molar-refractivity contribution in [3.8, 4) is 0 Å². The summed E-state index contributed by atoms with van der Waals surface area (Å²) in [5.74, 6) is -0.0512. The summed E-state index contributed by atoms with van der Waals surface area (Å²) in [6.45, 7) is 1.65. The van der Waals surface area contributed by atoms with Crippen LogP contribution < -0.4 is 10.5 Å². The highest BCUT2D eigenvalue weighted by Crippen LogP contribution is 1.79. The summed E-state index contributed by atoms with van der Waals surface area (Å²) >= 11 is 0. The van der Waals surface area contributed by atoms with Crippen LogP contribution in [0, 0.1) is 0 Å². The molecule has 0 spiro atoms. The Morgan fingerprint density at radius 3 is 2.79 bits per heavy atom. The van der Waals surface area contributed by atoms with Gasteiger partial charge in [-0.3, -0.25) is 4.68 Å². The smallest absolute Gasteiger partial charge is 0.210 e. The summed E-state index contributed by atoms with van der Waals surface area (Å²) < 4.78 is 22.7.